The van der Waals surface area contributed by atoms with Gasteiger partial charge in [-0.2, -0.15) is 14.7 Å². The Bertz CT molecular complexity index is 757. The van der Waals surface area contributed by atoms with Gasteiger partial charge < -0.3 is 10.2 Å². The molecular weight excluding hydrogens is 328 g/mol. The van der Waals surface area contributed by atoms with Crippen molar-refractivity contribution in [1.82, 2.24) is 4.98 Å². The minimum Gasteiger partial charge on any atom is -0.506 e. The standard InChI is InChI=1S/C14H13FNO6P/c1-7-13(18)10(6-17)11(14(19)23(20,21)22)12(16-7)8-2-4-9(15)5-3-8/h2-5,17,20-22H,6H2,1H3/p+1. The fourth-order valence-corrected chi connectivity index (χ4v) is 2.65. The second kappa shape index (κ2) is 6.27. The molecule has 0 aliphatic rings. The van der Waals surface area contributed by atoms with Gasteiger partial charge in [0, 0.05) is 11.1 Å². The van der Waals surface area contributed by atoms with Crippen LogP contribution < -0.4 is 0 Å². The topological polar surface area (TPSA) is 131 Å². The van der Waals surface area contributed by atoms with Crippen LogP contribution in [0.1, 0.15) is 21.6 Å². The van der Waals surface area contributed by atoms with Gasteiger partial charge in [-0.15, -0.1) is 0 Å². The van der Waals surface area contributed by atoms with Crippen LogP contribution in [0.2, 0.25) is 0 Å². The van der Waals surface area contributed by atoms with Gasteiger partial charge in [0.15, 0.2) is 0 Å². The highest BCUT2D eigenvalue weighted by Crippen LogP contribution is 2.51. The summed E-state index contributed by atoms with van der Waals surface area (Å²) in [7, 11) is -4.94. The minimum atomic E-state index is -4.94. The number of hydrogen-bond donors (Lipinski definition) is 5. The van der Waals surface area contributed by atoms with Gasteiger partial charge >= 0.3 is 13.5 Å². The maximum Gasteiger partial charge on any atom is 0.484 e. The number of pyridine rings is 1. The molecule has 1 aromatic heterocycles. The molecule has 5 N–H and O–H groups in total. The Labute approximate surface area is 130 Å². The zero-order valence-corrected chi connectivity index (χ0v) is 12.8. The average Bonchev–Trinajstić information content (AvgIpc) is 2.48. The van der Waals surface area contributed by atoms with Crippen molar-refractivity contribution in [3.05, 3.63) is 46.9 Å². The molecule has 122 valence electrons. The van der Waals surface area contributed by atoms with Crippen LogP contribution in [0.15, 0.2) is 24.3 Å². The molecule has 0 aliphatic heterocycles. The van der Waals surface area contributed by atoms with E-state index in [1.54, 1.807) is 0 Å². The van der Waals surface area contributed by atoms with Gasteiger partial charge in [0.1, 0.15) is 17.1 Å². The lowest BCUT2D eigenvalue weighted by Gasteiger charge is -2.15. The van der Waals surface area contributed by atoms with E-state index in [-0.39, 0.29) is 22.5 Å². The predicted molar refractivity (Wildman–Crippen MR) is 79.9 cm³/mol. The first-order chi connectivity index (χ1) is 10.7. The van der Waals surface area contributed by atoms with Crippen molar-refractivity contribution in [2.24, 2.45) is 0 Å². The molecule has 23 heavy (non-hydrogen) atoms. The molecule has 9 heteroatoms. The van der Waals surface area contributed by atoms with Crippen LogP contribution in [0.5, 0.6) is 5.75 Å². The fourth-order valence-electron chi connectivity index (χ4n) is 2.11. The Balaban J connectivity index is 2.82. The van der Waals surface area contributed by atoms with Crippen molar-refractivity contribution in [1.29, 1.82) is 0 Å². The third-order valence-corrected chi connectivity index (χ3v) is 3.98. The van der Waals surface area contributed by atoms with Gasteiger partial charge in [-0.05, 0) is 31.2 Å². The summed E-state index contributed by atoms with van der Waals surface area (Å²) in [4.78, 5) is 43.9. The number of aliphatic hydroxyl groups is 1. The lowest BCUT2D eigenvalue weighted by Crippen LogP contribution is -2.13. The number of rotatable bonds is 4. The summed E-state index contributed by atoms with van der Waals surface area (Å²) in [6, 6.07) is 4.79. The van der Waals surface area contributed by atoms with Crippen LogP contribution in [0, 0.1) is 12.7 Å². The third kappa shape index (κ3) is 3.36. The van der Waals surface area contributed by atoms with Crippen molar-refractivity contribution in [3.8, 4) is 17.0 Å². The quantitative estimate of drug-likeness (QED) is 0.529. The summed E-state index contributed by atoms with van der Waals surface area (Å²) in [5.41, 5.74) is -2.10. The molecular formula is C14H14FNO6P+. The van der Waals surface area contributed by atoms with E-state index in [2.05, 4.69) is 4.98 Å². The maximum atomic E-state index is 13.1. The van der Waals surface area contributed by atoms with E-state index in [1.807, 2.05) is 0 Å². The molecule has 1 heterocycles. The van der Waals surface area contributed by atoms with Gasteiger partial charge in [-0.1, -0.05) is 0 Å². The van der Waals surface area contributed by atoms with Crippen LogP contribution >= 0.6 is 7.94 Å². The summed E-state index contributed by atoms with van der Waals surface area (Å²) in [6.07, 6.45) is 0. The fraction of sp³-hybridized carbons (Fsp3) is 0.143. The summed E-state index contributed by atoms with van der Waals surface area (Å²) in [5, 5.41) is 19.4. The molecule has 0 amide bonds. The first-order valence-electron chi connectivity index (χ1n) is 6.38. The van der Waals surface area contributed by atoms with Crippen molar-refractivity contribution >= 4 is 13.5 Å². The number of benzene rings is 1. The smallest absolute Gasteiger partial charge is 0.484 e. The van der Waals surface area contributed by atoms with E-state index in [0.29, 0.717) is 0 Å². The Hall–Kier alpha value is -1.96. The molecule has 0 atom stereocenters. The normalized spacial score (nSPS) is 11.6. The molecule has 0 bridgehead atoms. The van der Waals surface area contributed by atoms with E-state index >= 15 is 0 Å². The van der Waals surface area contributed by atoms with E-state index in [0.717, 1.165) is 12.1 Å². The van der Waals surface area contributed by atoms with Gasteiger partial charge in [-0.25, -0.2) is 14.2 Å². The number of carbonyl (C=O) groups excluding carboxylic acids is 1. The third-order valence-electron chi connectivity index (χ3n) is 3.21. The Morgan fingerprint density at radius 1 is 1.22 bits per heavy atom. The van der Waals surface area contributed by atoms with Crippen LogP contribution in [0.4, 0.5) is 4.39 Å². The Morgan fingerprint density at radius 3 is 2.26 bits per heavy atom. The second-order valence-corrected chi connectivity index (χ2v) is 6.33. The molecule has 0 aliphatic carbocycles. The van der Waals surface area contributed by atoms with Gasteiger partial charge in [-0.3, -0.25) is 0 Å². The molecule has 0 unspecified atom stereocenters. The van der Waals surface area contributed by atoms with E-state index in [1.165, 1.54) is 19.1 Å². The number of halogens is 1. The summed E-state index contributed by atoms with van der Waals surface area (Å²) < 4.78 is 13.1. The zero-order valence-electron chi connectivity index (χ0n) is 11.9. The largest absolute Gasteiger partial charge is 0.506 e. The summed E-state index contributed by atoms with van der Waals surface area (Å²) >= 11 is 0. The zero-order chi connectivity index (χ0) is 17.4. The number of hydrogen-bond acceptors (Lipinski definition) is 7. The number of aromatic nitrogens is 1. The number of aliphatic hydroxyl groups excluding tert-OH is 1. The highest BCUT2D eigenvalue weighted by atomic mass is 31.2. The lowest BCUT2D eigenvalue weighted by atomic mass is 10.00. The average molecular weight is 342 g/mol. The first-order valence-corrected chi connectivity index (χ1v) is 8.03. The predicted octanol–water partition coefficient (Wildman–Crippen LogP) is 1.27. The minimum absolute atomic E-state index is 0.0719. The Morgan fingerprint density at radius 2 is 1.78 bits per heavy atom. The van der Waals surface area contributed by atoms with Gasteiger partial charge in [0.25, 0.3) is 0 Å². The lowest BCUT2D eigenvalue weighted by molar-refractivity contribution is 0.102. The second-order valence-electron chi connectivity index (χ2n) is 4.79. The van der Waals surface area contributed by atoms with Gasteiger partial charge in [0.05, 0.1) is 18.0 Å². The highest BCUT2D eigenvalue weighted by Gasteiger charge is 2.47. The van der Waals surface area contributed by atoms with Crippen molar-refractivity contribution in [2.45, 2.75) is 13.5 Å². The molecule has 2 rings (SSSR count). The number of aromatic hydroxyl groups is 1. The monoisotopic (exact) mass is 342 g/mol. The van der Waals surface area contributed by atoms with Crippen LogP contribution in [0.3, 0.4) is 0 Å². The van der Waals surface area contributed by atoms with Crippen molar-refractivity contribution in [3.63, 3.8) is 0 Å². The number of nitrogens with zero attached hydrogens (tertiary/aromatic N) is 1. The van der Waals surface area contributed by atoms with E-state index in [9.17, 15) is 34.1 Å². The number of aryl methyl sites for hydroxylation is 1. The molecule has 0 radical (unpaired) electrons. The van der Waals surface area contributed by atoms with E-state index in [4.69, 9.17) is 0 Å². The summed E-state index contributed by atoms with van der Waals surface area (Å²) in [5.74, 6) is -1.04. The van der Waals surface area contributed by atoms with Crippen LogP contribution in [-0.4, -0.2) is 35.4 Å². The molecule has 0 saturated heterocycles. The van der Waals surface area contributed by atoms with Crippen molar-refractivity contribution in [2.75, 3.05) is 0 Å². The molecule has 2 aromatic rings. The first kappa shape index (κ1) is 17.4. The SMILES string of the molecule is Cc1nc(-c2ccc(F)cc2)c(C(=O)[P+](O)(O)O)c(CO)c1O. The van der Waals surface area contributed by atoms with Gasteiger partial charge in [0.2, 0.25) is 0 Å². The highest BCUT2D eigenvalue weighted by molar-refractivity contribution is 7.76. The number of carbonyl (C=O) groups is 1. The molecule has 0 fully saturated rings. The van der Waals surface area contributed by atoms with Crippen LogP contribution in [-0.2, 0) is 6.61 Å². The van der Waals surface area contributed by atoms with Crippen molar-refractivity contribution < 1.29 is 34.1 Å². The van der Waals surface area contributed by atoms with Crippen LogP contribution in [0.25, 0.3) is 11.3 Å². The summed E-state index contributed by atoms with van der Waals surface area (Å²) in [6.45, 7) is 0.611. The molecule has 0 spiro atoms. The molecule has 1 aromatic carbocycles. The maximum absolute atomic E-state index is 13.1. The van der Waals surface area contributed by atoms with E-state index < -0.39 is 37.2 Å². The molecule has 0 saturated carbocycles. The Kier molecular flexibility index (Phi) is 4.74. The molecule has 7 nitrogen and oxygen atoms in total.